The molecule has 0 bridgehead atoms. The molecular formula is C22H22N2O5S. The summed E-state index contributed by atoms with van der Waals surface area (Å²) in [7, 11) is 0. The van der Waals surface area contributed by atoms with Crippen LogP contribution in [0.15, 0.2) is 53.4 Å². The van der Waals surface area contributed by atoms with E-state index in [1.807, 2.05) is 6.92 Å². The third kappa shape index (κ3) is 4.55. The molecule has 1 heterocycles. The number of aliphatic hydroxyl groups is 1. The summed E-state index contributed by atoms with van der Waals surface area (Å²) in [6.45, 7) is 3.61. The van der Waals surface area contributed by atoms with Crippen molar-refractivity contribution in [2.75, 3.05) is 29.2 Å². The minimum atomic E-state index is -0.443. The molecule has 8 heteroatoms. The zero-order valence-electron chi connectivity index (χ0n) is 16.7. The molecule has 0 saturated heterocycles. The first-order valence-electron chi connectivity index (χ1n) is 9.43. The van der Waals surface area contributed by atoms with Gasteiger partial charge in [-0.05, 0) is 36.8 Å². The summed E-state index contributed by atoms with van der Waals surface area (Å²) in [4.78, 5) is 39.1. The maximum Gasteiger partial charge on any atom is 0.272 e. The van der Waals surface area contributed by atoms with Crippen LogP contribution in [0.5, 0.6) is 5.75 Å². The van der Waals surface area contributed by atoms with Gasteiger partial charge >= 0.3 is 0 Å². The minimum absolute atomic E-state index is 0.121. The molecule has 0 aliphatic carbocycles. The number of nitrogens with one attached hydrogen (secondary N) is 1. The van der Waals surface area contributed by atoms with E-state index in [0.717, 1.165) is 16.7 Å². The second kappa shape index (κ2) is 9.60. The van der Waals surface area contributed by atoms with E-state index in [0.29, 0.717) is 29.3 Å². The molecular weight excluding hydrogens is 404 g/mol. The molecule has 156 valence electrons. The Labute approximate surface area is 178 Å². The van der Waals surface area contributed by atoms with Gasteiger partial charge in [0, 0.05) is 24.4 Å². The predicted octanol–water partition coefficient (Wildman–Crippen LogP) is 3.05. The van der Waals surface area contributed by atoms with Crippen LogP contribution >= 0.6 is 11.8 Å². The summed E-state index contributed by atoms with van der Waals surface area (Å²) in [5.74, 6) is -0.231. The molecule has 1 aliphatic heterocycles. The molecule has 3 amide bonds. The van der Waals surface area contributed by atoms with E-state index >= 15 is 0 Å². The monoisotopic (exact) mass is 426 g/mol. The lowest BCUT2D eigenvalue weighted by Gasteiger charge is -2.16. The summed E-state index contributed by atoms with van der Waals surface area (Å²) < 4.78 is 5.49. The number of aliphatic hydroxyl groups excluding tert-OH is 1. The maximum absolute atomic E-state index is 13.3. The first-order valence-corrected chi connectivity index (χ1v) is 10.4. The highest BCUT2D eigenvalue weighted by atomic mass is 32.2. The van der Waals surface area contributed by atoms with E-state index in [1.165, 1.54) is 6.92 Å². The Morgan fingerprint density at radius 3 is 2.50 bits per heavy atom. The number of imide groups is 1. The molecule has 0 atom stereocenters. The fourth-order valence-corrected chi connectivity index (χ4v) is 3.94. The molecule has 0 spiro atoms. The second-order valence-electron chi connectivity index (χ2n) is 6.41. The van der Waals surface area contributed by atoms with E-state index in [4.69, 9.17) is 4.74 Å². The van der Waals surface area contributed by atoms with Crippen LogP contribution in [0.3, 0.4) is 0 Å². The van der Waals surface area contributed by atoms with Gasteiger partial charge in [0.15, 0.2) is 0 Å². The summed E-state index contributed by atoms with van der Waals surface area (Å²) in [5.41, 5.74) is 1.85. The van der Waals surface area contributed by atoms with E-state index in [9.17, 15) is 19.5 Å². The number of carbonyl (C=O) groups is 3. The van der Waals surface area contributed by atoms with Crippen LogP contribution < -0.4 is 15.0 Å². The van der Waals surface area contributed by atoms with Gasteiger partial charge in [0.2, 0.25) is 5.91 Å². The van der Waals surface area contributed by atoms with Gasteiger partial charge in [-0.1, -0.05) is 18.2 Å². The average molecular weight is 426 g/mol. The summed E-state index contributed by atoms with van der Waals surface area (Å²) in [6.07, 6.45) is 0. The average Bonchev–Trinajstić information content (AvgIpc) is 2.96. The summed E-state index contributed by atoms with van der Waals surface area (Å²) in [6, 6.07) is 13.5. The largest absolute Gasteiger partial charge is 0.494 e. The third-order valence-corrected chi connectivity index (χ3v) is 5.31. The van der Waals surface area contributed by atoms with Crippen molar-refractivity contribution in [3.8, 4) is 5.75 Å². The van der Waals surface area contributed by atoms with Gasteiger partial charge in [0.05, 0.1) is 29.4 Å². The normalized spacial score (nSPS) is 13.8. The number of ether oxygens (including phenoxy) is 1. The first-order chi connectivity index (χ1) is 14.5. The Morgan fingerprint density at radius 1 is 1.13 bits per heavy atom. The van der Waals surface area contributed by atoms with Crippen LogP contribution in [0, 0.1) is 0 Å². The SMILES string of the molecule is CCOc1cccc(N2C(=O)C(SCCO)=C(c3ccc(NC(C)=O)cc3)C2=O)c1. The first kappa shape index (κ1) is 21.6. The minimum Gasteiger partial charge on any atom is -0.494 e. The van der Waals surface area contributed by atoms with Gasteiger partial charge in [0.1, 0.15) is 5.75 Å². The van der Waals surface area contributed by atoms with Crippen molar-refractivity contribution >= 4 is 46.4 Å². The van der Waals surface area contributed by atoms with E-state index in [-0.39, 0.29) is 28.7 Å². The van der Waals surface area contributed by atoms with Crippen molar-refractivity contribution in [1.29, 1.82) is 0 Å². The van der Waals surface area contributed by atoms with Crippen molar-refractivity contribution in [2.45, 2.75) is 13.8 Å². The van der Waals surface area contributed by atoms with Crippen LogP contribution in [0.2, 0.25) is 0 Å². The van der Waals surface area contributed by atoms with Crippen molar-refractivity contribution in [3.05, 3.63) is 59.0 Å². The number of carbonyl (C=O) groups excluding carboxylic acids is 3. The summed E-state index contributed by atoms with van der Waals surface area (Å²) in [5, 5.41) is 11.9. The maximum atomic E-state index is 13.3. The zero-order chi connectivity index (χ0) is 21.7. The van der Waals surface area contributed by atoms with Gasteiger partial charge in [-0.2, -0.15) is 0 Å². The molecule has 0 unspecified atom stereocenters. The number of anilines is 2. The van der Waals surface area contributed by atoms with Crippen molar-refractivity contribution in [3.63, 3.8) is 0 Å². The molecule has 2 aromatic rings. The molecule has 0 fully saturated rings. The Kier molecular flexibility index (Phi) is 6.91. The Hall–Kier alpha value is -3.10. The van der Waals surface area contributed by atoms with Crippen LogP contribution in [-0.4, -0.2) is 41.8 Å². The van der Waals surface area contributed by atoms with Gasteiger partial charge in [0.25, 0.3) is 11.8 Å². The highest BCUT2D eigenvalue weighted by Gasteiger charge is 2.40. The lowest BCUT2D eigenvalue weighted by atomic mass is 10.1. The lowest BCUT2D eigenvalue weighted by molar-refractivity contribution is -0.120. The van der Waals surface area contributed by atoms with Gasteiger partial charge in [-0.25, -0.2) is 4.90 Å². The Balaban J connectivity index is 1.99. The van der Waals surface area contributed by atoms with E-state index < -0.39 is 11.8 Å². The molecule has 3 rings (SSSR count). The number of benzene rings is 2. The van der Waals surface area contributed by atoms with E-state index in [1.54, 1.807) is 48.5 Å². The molecule has 7 nitrogen and oxygen atoms in total. The van der Waals surface area contributed by atoms with Crippen molar-refractivity contribution in [1.82, 2.24) is 0 Å². The van der Waals surface area contributed by atoms with Crippen LogP contribution in [0.1, 0.15) is 19.4 Å². The number of hydrogen-bond acceptors (Lipinski definition) is 6. The highest BCUT2D eigenvalue weighted by Crippen LogP contribution is 2.39. The fourth-order valence-electron chi connectivity index (χ4n) is 3.08. The number of amides is 3. The Morgan fingerprint density at radius 2 is 1.87 bits per heavy atom. The number of hydrogen-bond donors (Lipinski definition) is 2. The molecule has 0 saturated carbocycles. The molecule has 30 heavy (non-hydrogen) atoms. The molecule has 0 radical (unpaired) electrons. The smallest absolute Gasteiger partial charge is 0.272 e. The van der Waals surface area contributed by atoms with Gasteiger partial charge in [-0.15, -0.1) is 11.8 Å². The van der Waals surface area contributed by atoms with Gasteiger partial charge < -0.3 is 15.2 Å². The van der Waals surface area contributed by atoms with Crippen molar-refractivity contribution < 1.29 is 24.2 Å². The highest BCUT2D eigenvalue weighted by molar-refractivity contribution is 8.04. The number of rotatable bonds is 8. The van der Waals surface area contributed by atoms with Gasteiger partial charge in [-0.3, -0.25) is 14.4 Å². The standard InChI is InChI=1S/C22H22N2O5S/c1-3-29-18-6-4-5-17(13-18)24-21(27)19(20(22(24)28)30-12-11-25)15-7-9-16(10-8-15)23-14(2)26/h4-10,13,25H,3,11-12H2,1-2H3,(H,23,26). The molecule has 2 aromatic carbocycles. The second-order valence-corrected chi connectivity index (χ2v) is 7.52. The zero-order valence-corrected chi connectivity index (χ0v) is 17.5. The number of nitrogens with zero attached hydrogens (tertiary/aromatic N) is 1. The third-order valence-electron chi connectivity index (χ3n) is 4.26. The van der Waals surface area contributed by atoms with Crippen LogP contribution in [-0.2, 0) is 14.4 Å². The van der Waals surface area contributed by atoms with Crippen LogP contribution in [0.25, 0.3) is 5.57 Å². The fraction of sp³-hybridized carbons (Fsp3) is 0.227. The predicted molar refractivity (Wildman–Crippen MR) is 117 cm³/mol. The van der Waals surface area contributed by atoms with Crippen LogP contribution in [0.4, 0.5) is 11.4 Å². The topological polar surface area (TPSA) is 95.9 Å². The molecule has 1 aliphatic rings. The molecule has 2 N–H and O–H groups in total. The molecule has 0 aromatic heterocycles. The van der Waals surface area contributed by atoms with Crippen molar-refractivity contribution in [2.24, 2.45) is 0 Å². The summed E-state index contributed by atoms with van der Waals surface area (Å²) >= 11 is 1.14. The lowest BCUT2D eigenvalue weighted by Crippen LogP contribution is -2.31. The number of thioether (sulfide) groups is 1. The van der Waals surface area contributed by atoms with E-state index in [2.05, 4.69) is 5.32 Å². The Bertz CT molecular complexity index is 1000. The quantitative estimate of drug-likeness (QED) is 0.630.